The van der Waals surface area contributed by atoms with E-state index in [1.165, 1.54) is 0 Å². The van der Waals surface area contributed by atoms with E-state index in [9.17, 15) is 4.79 Å². The third-order valence-corrected chi connectivity index (χ3v) is 1.52. The van der Waals surface area contributed by atoms with Crippen molar-refractivity contribution in [2.75, 3.05) is 6.61 Å². The molecule has 1 aromatic carbocycles. The molecule has 0 amide bonds. The molecule has 0 bridgehead atoms. The number of ether oxygens (including phenoxy) is 1. The molecule has 0 radical (unpaired) electrons. The smallest absolute Gasteiger partial charge is 0.150 e. The van der Waals surface area contributed by atoms with Crippen molar-refractivity contribution in [3.05, 3.63) is 29.3 Å². The summed E-state index contributed by atoms with van der Waals surface area (Å²) in [6.07, 6.45) is 0.829. The molecule has 1 aromatic rings. The minimum Gasteiger partial charge on any atom is -0.494 e. The summed E-state index contributed by atoms with van der Waals surface area (Å²) in [5.41, 5.74) is 1.71. The number of carbonyl (C=O) groups excluding carboxylic acids is 1. The summed E-state index contributed by atoms with van der Waals surface area (Å²) in [5, 5.41) is 0. The Hall–Kier alpha value is -1.31. The van der Waals surface area contributed by atoms with E-state index in [1.54, 1.807) is 6.07 Å². The van der Waals surface area contributed by atoms with Crippen molar-refractivity contribution in [3.63, 3.8) is 0 Å². The molecule has 2 nitrogen and oxygen atoms in total. The second kappa shape index (κ2) is 3.90. The summed E-state index contributed by atoms with van der Waals surface area (Å²) >= 11 is 0. The Bertz CT molecular complexity index is 279. The van der Waals surface area contributed by atoms with Gasteiger partial charge in [0.2, 0.25) is 0 Å². The van der Waals surface area contributed by atoms with Crippen LogP contribution in [0.2, 0.25) is 0 Å². The normalized spacial score (nSPS) is 9.50. The van der Waals surface area contributed by atoms with E-state index in [0.717, 1.165) is 17.6 Å². The predicted octanol–water partition coefficient (Wildman–Crippen LogP) is 2.21. The van der Waals surface area contributed by atoms with Gasteiger partial charge in [-0.05, 0) is 37.6 Å². The van der Waals surface area contributed by atoms with Gasteiger partial charge in [-0.15, -0.1) is 0 Å². The standard InChI is InChI=1S/C10H12O2/c1-3-12-10-5-8(2)4-9(6-10)7-11/h4-7H,3H2,1-2H3. The van der Waals surface area contributed by atoms with Gasteiger partial charge in [0.05, 0.1) is 6.61 Å². The maximum atomic E-state index is 10.5. The van der Waals surface area contributed by atoms with E-state index >= 15 is 0 Å². The van der Waals surface area contributed by atoms with Crippen molar-refractivity contribution < 1.29 is 9.53 Å². The van der Waals surface area contributed by atoms with Gasteiger partial charge < -0.3 is 4.74 Å². The molecule has 0 aliphatic rings. The molecule has 64 valence electrons. The first-order valence-corrected chi connectivity index (χ1v) is 3.96. The predicted molar refractivity (Wildman–Crippen MR) is 47.7 cm³/mol. The zero-order valence-corrected chi connectivity index (χ0v) is 7.33. The number of benzene rings is 1. The number of aldehydes is 1. The maximum absolute atomic E-state index is 10.5. The minimum atomic E-state index is 0.627. The number of hydrogen-bond acceptors (Lipinski definition) is 2. The fourth-order valence-corrected chi connectivity index (χ4v) is 1.09. The van der Waals surface area contributed by atoms with E-state index in [1.807, 2.05) is 26.0 Å². The van der Waals surface area contributed by atoms with Crippen LogP contribution in [0.25, 0.3) is 0 Å². The lowest BCUT2D eigenvalue weighted by molar-refractivity contribution is 0.112. The van der Waals surface area contributed by atoms with Crippen LogP contribution in [-0.2, 0) is 0 Å². The summed E-state index contributed by atoms with van der Waals surface area (Å²) in [6.45, 7) is 4.49. The Labute approximate surface area is 72.2 Å². The Balaban J connectivity index is 2.97. The van der Waals surface area contributed by atoms with Gasteiger partial charge >= 0.3 is 0 Å². The second-order valence-electron chi connectivity index (χ2n) is 2.63. The third-order valence-electron chi connectivity index (χ3n) is 1.52. The van der Waals surface area contributed by atoms with Crippen LogP contribution in [0.1, 0.15) is 22.8 Å². The topological polar surface area (TPSA) is 26.3 Å². The van der Waals surface area contributed by atoms with Crippen molar-refractivity contribution in [3.8, 4) is 5.75 Å². The van der Waals surface area contributed by atoms with Gasteiger partial charge in [-0.2, -0.15) is 0 Å². The number of hydrogen-bond donors (Lipinski definition) is 0. The average molecular weight is 164 g/mol. The van der Waals surface area contributed by atoms with Crippen molar-refractivity contribution in [1.29, 1.82) is 0 Å². The summed E-state index contributed by atoms with van der Waals surface area (Å²) < 4.78 is 5.27. The van der Waals surface area contributed by atoms with Gasteiger partial charge in [0.15, 0.2) is 0 Å². The first kappa shape index (κ1) is 8.78. The van der Waals surface area contributed by atoms with Crippen LogP contribution < -0.4 is 4.74 Å². The van der Waals surface area contributed by atoms with Crippen LogP contribution >= 0.6 is 0 Å². The highest BCUT2D eigenvalue weighted by Gasteiger charge is 1.96. The van der Waals surface area contributed by atoms with Crippen LogP contribution in [0.4, 0.5) is 0 Å². The van der Waals surface area contributed by atoms with Gasteiger partial charge in [0.25, 0.3) is 0 Å². The van der Waals surface area contributed by atoms with Gasteiger partial charge in [-0.3, -0.25) is 4.79 Å². The summed E-state index contributed by atoms with van der Waals surface area (Å²) in [4.78, 5) is 10.5. The van der Waals surface area contributed by atoms with Crippen LogP contribution in [0.15, 0.2) is 18.2 Å². The third kappa shape index (κ3) is 2.09. The first-order chi connectivity index (χ1) is 5.76. The molecular formula is C10H12O2. The summed E-state index contributed by atoms with van der Waals surface area (Å²) in [5.74, 6) is 0.764. The number of carbonyl (C=O) groups is 1. The molecule has 0 aromatic heterocycles. The SMILES string of the molecule is CCOc1cc(C)cc(C=O)c1. The maximum Gasteiger partial charge on any atom is 0.150 e. The second-order valence-corrected chi connectivity index (χ2v) is 2.63. The Morgan fingerprint density at radius 2 is 2.17 bits per heavy atom. The van der Waals surface area contributed by atoms with Crippen molar-refractivity contribution in [1.82, 2.24) is 0 Å². The van der Waals surface area contributed by atoms with Gasteiger partial charge in [0.1, 0.15) is 12.0 Å². The van der Waals surface area contributed by atoms with Crippen molar-refractivity contribution in [2.24, 2.45) is 0 Å². The zero-order chi connectivity index (χ0) is 8.97. The molecular weight excluding hydrogens is 152 g/mol. The molecule has 0 aliphatic carbocycles. The lowest BCUT2D eigenvalue weighted by atomic mass is 10.1. The zero-order valence-electron chi connectivity index (χ0n) is 7.33. The highest BCUT2D eigenvalue weighted by atomic mass is 16.5. The molecule has 0 fully saturated rings. The van der Waals surface area contributed by atoms with Crippen LogP contribution in [0.3, 0.4) is 0 Å². The Morgan fingerprint density at radius 1 is 1.42 bits per heavy atom. The van der Waals surface area contributed by atoms with E-state index in [2.05, 4.69) is 0 Å². The molecule has 0 unspecified atom stereocenters. The Kier molecular flexibility index (Phi) is 2.86. The molecule has 0 saturated heterocycles. The highest BCUT2D eigenvalue weighted by Crippen LogP contribution is 2.15. The summed E-state index contributed by atoms with van der Waals surface area (Å²) in [6, 6.07) is 5.48. The quantitative estimate of drug-likeness (QED) is 0.640. The van der Waals surface area contributed by atoms with Crippen molar-refractivity contribution >= 4 is 6.29 Å². The molecule has 2 heteroatoms. The Morgan fingerprint density at radius 3 is 2.75 bits per heavy atom. The van der Waals surface area contributed by atoms with Gasteiger partial charge in [-0.25, -0.2) is 0 Å². The van der Waals surface area contributed by atoms with Crippen LogP contribution in [0.5, 0.6) is 5.75 Å². The lowest BCUT2D eigenvalue weighted by Crippen LogP contribution is -1.93. The lowest BCUT2D eigenvalue weighted by Gasteiger charge is -2.04. The van der Waals surface area contributed by atoms with E-state index in [0.29, 0.717) is 12.2 Å². The molecule has 0 aliphatic heterocycles. The van der Waals surface area contributed by atoms with Crippen LogP contribution in [0, 0.1) is 6.92 Å². The molecule has 0 N–H and O–H groups in total. The molecule has 12 heavy (non-hydrogen) atoms. The van der Waals surface area contributed by atoms with Crippen molar-refractivity contribution in [2.45, 2.75) is 13.8 Å². The molecule has 0 heterocycles. The molecule has 0 saturated carbocycles. The van der Waals surface area contributed by atoms with E-state index < -0.39 is 0 Å². The highest BCUT2D eigenvalue weighted by molar-refractivity contribution is 5.76. The number of aryl methyl sites for hydroxylation is 1. The molecule has 0 spiro atoms. The largest absolute Gasteiger partial charge is 0.494 e. The van der Waals surface area contributed by atoms with Gasteiger partial charge in [0, 0.05) is 5.56 Å². The van der Waals surface area contributed by atoms with Gasteiger partial charge in [-0.1, -0.05) is 0 Å². The first-order valence-electron chi connectivity index (χ1n) is 3.96. The monoisotopic (exact) mass is 164 g/mol. The fourth-order valence-electron chi connectivity index (χ4n) is 1.09. The molecule has 0 atom stereocenters. The molecule has 1 rings (SSSR count). The summed E-state index contributed by atoms with van der Waals surface area (Å²) in [7, 11) is 0. The average Bonchev–Trinajstić information content (AvgIpc) is 2.04. The van der Waals surface area contributed by atoms with Crippen LogP contribution in [-0.4, -0.2) is 12.9 Å². The number of rotatable bonds is 3. The van der Waals surface area contributed by atoms with E-state index in [4.69, 9.17) is 4.74 Å². The van der Waals surface area contributed by atoms with E-state index in [-0.39, 0.29) is 0 Å². The minimum absolute atomic E-state index is 0.627. The fraction of sp³-hybridized carbons (Fsp3) is 0.300.